The number of halogens is 2. The lowest BCUT2D eigenvalue weighted by Gasteiger charge is -2.14. The number of carbonyl (C=O) groups excluding carboxylic acids is 1. The van der Waals surface area contributed by atoms with Crippen LogP contribution in [0.5, 0.6) is 0 Å². The summed E-state index contributed by atoms with van der Waals surface area (Å²) in [6.07, 6.45) is 3.65. The lowest BCUT2D eigenvalue weighted by Crippen LogP contribution is -2.28. The maximum absolute atomic E-state index is 12.3. The lowest BCUT2D eigenvalue weighted by molar-refractivity contribution is 0.0787. The molecule has 0 radical (unpaired) electrons. The molecule has 1 fully saturated rings. The van der Waals surface area contributed by atoms with Crippen molar-refractivity contribution in [2.45, 2.75) is 12.8 Å². The molecule has 1 aliphatic rings. The van der Waals surface area contributed by atoms with Crippen molar-refractivity contribution in [3.8, 4) is 0 Å². The predicted octanol–water partition coefficient (Wildman–Crippen LogP) is 3.76. The Kier molecular flexibility index (Phi) is 4.45. The van der Waals surface area contributed by atoms with Crippen LogP contribution in [0.2, 0.25) is 10.0 Å². The van der Waals surface area contributed by atoms with Gasteiger partial charge in [0.2, 0.25) is 5.95 Å². The normalized spacial score (nSPS) is 14.2. The predicted molar refractivity (Wildman–Crippen MR) is 86.9 cm³/mol. The van der Waals surface area contributed by atoms with Gasteiger partial charge in [-0.2, -0.15) is 0 Å². The SMILES string of the molecule is O=C(c1ccnc(Nc2cc(Cl)cc(Cl)c2)n1)N1CCCC1. The third-order valence-electron chi connectivity index (χ3n) is 3.39. The van der Waals surface area contributed by atoms with Gasteiger partial charge >= 0.3 is 0 Å². The Labute approximate surface area is 138 Å². The van der Waals surface area contributed by atoms with Crippen LogP contribution >= 0.6 is 23.2 Å². The van der Waals surface area contributed by atoms with Crippen LogP contribution < -0.4 is 5.32 Å². The number of hydrogen-bond acceptors (Lipinski definition) is 4. The highest BCUT2D eigenvalue weighted by Gasteiger charge is 2.20. The molecule has 1 aromatic carbocycles. The van der Waals surface area contributed by atoms with Gasteiger partial charge in [-0.25, -0.2) is 9.97 Å². The Bertz CT molecular complexity index is 681. The highest BCUT2D eigenvalue weighted by atomic mass is 35.5. The van der Waals surface area contributed by atoms with E-state index >= 15 is 0 Å². The average molecular weight is 337 g/mol. The van der Waals surface area contributed by atoms with Crippen LogP contribution in [-0.2, 0) is 0 Å². The molecule has 1 aromatic heterocycles. The highest BCUT2D eigenvalue weighted by Crippen LogP contribution is 2.24. The van der Waals surface area contributed by atoms with Gasteiger partial charge in [-0.15, -0.1) is 0 Å². The Morgan fingerprint density at radius 3 is 2.50 bits per heavy atom. The second-order valence-corrected chi connectivity index (χ2v) is 5.92. The smallest absolute Gasteiger partial charge is 0.272 e. The first-order valence-corrected chi connectivity index (χ1v) is 7.73. The molecule has 22 heavy (non-hydrogen) atoms. The van der Waals surface area contributed by atoms with Gasteiger partial charge < -0.3 is 10.2 Å². The molecule has 0 atom stereocenters. The molecule has 0 saturated carbocycles. The first kappa shape index (κ1) is 15.1. The summed E-state index contributed by atoms with van der Waals surface area (Å²) < 4.78 is 0. The zero-order chi connectivity index (χ0) is 15.5. The van der Waals surface area contributed by atoms with Gasteiger partial charge in [-0.05, 0) is 37.1 Å². The van der Waals surface area contributed by atoms with Crippen molar-refractivity contribution in [2.75, 3.05) is 18.4 Å². The minimum atomic E-state index is -0.0629. The number of hydrogen-bond donors (Lipinski definition) is 1. The van der Waals surface area contributed by atoms with Gasteiger partial charge in [0.1, 0.15) is 5.69 Å². The molecule has 3 rings (SSSR count). The minimum Gasteiger partial charge on any atom is -0.337 e. The van der Waals surface area contributed by atoms with Gasteiger partial charge in [0, 0.05) is 35.0 Å². The fourth-order valence-corrected chi connectivity index (χ4v) is 2.90. The first-order valence-electron chi connectivity index (χ1n) is 6.97. The number of nitrogens with one attached hydrogen (secondary N) is 1. The van der Waals surface area contributed by atoms with Crippen molar-refractivity contribution in [3.05, 3.63) is 46.2 Å². The summed E-state index contributed by atoms with van der Waals surface area (Å²) in [7, 11) is 0. The Hall–Kier alpha value is -1.85. The van der Waals surface area contributed by atoms with E-state index in [-0.39, 0.29) is 5.91 Å². The fourth-order valence-electron chi connectivity index (χ4n) is 2.38. The highest BCUT2D eigenvalue weighted by molar-refractivity contribution is 6.35. The van der Waals surface area contributed by atoms with Crippen LogP contribution in [0.1, 0.15) is 23.3 Å². The minimum absolute atomic E-state index is 0.0629. The van der Waals surface area contributed by atoms with Crippen molar-refractivity contribution in [1.82, 2.24) is 14.9 Å². The molecule has 0 spiro atoms. The van der Waals surface area contributed by atoms with Gasteiger partial charge in [-0.1, -0.05) is 23.2 Å². The molecule has 7 heteroatoms. The van der Waals surface area contributed by atoms with Crippen molar-refractivity contribution in [1.29, 1.82) is 0 Å². The first-order chi connectivity index (χ1) is 10.6. The monoisotopic (exact) mass is 336 g/mol. The molecule has 0 bridgehead atoms. The number of likely N-dealkylation sites (tertiary alicyclic amines) is 1. The van der Waals surface area contributed by atoms with E-state index in [0.717, 1.165) is 25.9 Å². The van der Waals surface area contributed by atoms with E-state index in [0.29, 0.717) is 27.4 Å². The molecule has 2 heterocycles. The van der Waals surface area contributed by atoms with E-state index < -0.39 is 0 Å². The average Bonchev–Trinajstić information content (AvgIpc) is 3.00. The van der Waals surface area contributed by atoms with Crippen molar-refractivity contribution in [2.24, 2.45) is 0 Å². The number of carbonyl (C=O) groups is 1. The van der Waals surface area contributed by atoms with Crippen molar-refractivity contribution in [3.63, 3.8) is 0 Å². The Morgan fingerprint density at radius 1 is 1.14 bits per heavy atom. The van der Waals surface area contributed by atoms with E-state index in [9.17, 15) is 4.79 Å². The van der Waals surface area contributed by atoms with Crippen LogP contribution in [0.15, 0.2) is 30.5 Å². The second kappa shape index (κ2) is 6.50. The second-order valence-electron chi connectivity index (χ2n) is 5.05. The number of nitrogens with zero attached hydrogens (tertiary/aromatic N) is 3. The lowest BCUT2D eigenvalue weighted by atomic mass is 10.3. The Morgan fingerprint density at radius 2 is 1.82 bits per heavy atom. The van der Waals surface area contributed by atoms with E-state index in [1.165, 1.54) is 0 Å². The number of anilines is 2. The molecule has 2 aromatic rings. The van der Waals surface area contributed by atoms with Gasteiger partial charge in [0.15, 0.2) is 0 Å². The summed E-state index contributed by atoms with van der Waals surface area (Å²) in [6, 6.07) is 6.69. The van der Waals surface area contributed by atoms with E-state index in [1.54, 1.807) is 30.5 Å². The third kappa shape index (κ3) is 3.48. The maximum Gasteiger partial charge on any atom is 0.272 e. The summed E-state index contributed by atoms with van der Waals surface area (Å²) in [5, 5.41) is 4.04. The molecule has 1 amide bonds. The fraction of sp³-hybridized carbons (Fsp3) is 0.267. The summed E-state index contributed by atoms with van der Waals surface area (Å²) in [4.78, 5) is 22.5. The van der Waals surface area contributed by atoms with E-state index in [2.05, 4.69) is 15.3 Å². The largest absolute Gasteiger partial charge is 0.337 e. The molecule has 0 aliphatic carbocycles. The van der Waals surface area contributed by atoms with Gasteiger partial charge in [0.25, 0.3) is 5.91 Å². The molecule has 114 valence electrons. The number of rotatable bonds is 3. The number of aromatic nitrogens is 2. The molecule has 1 aliphatic heterocycles. The molecule has 1 saturated heterocycles. The Balaban J connectivity index is 1.80. The van der Waals surface area contributed by atoms with Crippen LogP contribution in [0, 0.1) is 0 Å². The molecular formula is C15H14Cl2N4O. The van der Waals surface area contributed by atoms with Gasteiger partial charge in [-0.3, -0.25) is 4.79 Å². The van der Waals surface area contributed by atoms with E-state index in [1.807, 2.05) is 4.90 Å². The van der Waals surface area contributed by atoms with Crippen molar-refractivity contribution >= 4 is 40.7 Å². The zero-order valence-electron chi connectivity index (χ0n) is 11.7. The van der Waals surface area contributed by atoms with Crippen molar-refractivity contribution < 1.29 is 4.79 Å². The number of amides is 1. The molecule has 1 N–H and O–H groups in total. The number of benzene rings is 1. The summed E-state index contributed by atoms with van der Waals surface area (Å²) in [5.41, 5.74) is 1.05. The maximum atomic E-state index is 12.3. The topological polar surface area (TPSA) is 58.1 Å². The summed E-state index contributed by atoms with van der Waals surface area (Å²) in [6.45, 7) is 1.57. The molecular weight excluding hydrogens is 323 g/mol. The van der Waals surface area contributed by atoms with Crippen LogP contribution in [0.4, 0.5) is 11.6 Å². The van der Waals surface area contributed by atoms with Crippen LogP contribution in [0.3, 0.4) is 0 Å². The zero-order valence-corrected chi connectivity index (χ0v) is 13.2. The van der Waals surface area contributed by atoms with E-state index in [4.69, 9.17) is 23.2 Å². The van der Waals surface area contributed by atoms with Crippen LogP contribution in [-0.4, -0.2) is 33.9 Å². The van der Waals surface area contributed by atoms with Crippen LogP contribution in [0.25, 0.3) is 0 Å². The molecule has 0 unspecified atom stereocenters. The summed E-state index contributed by atoms with van der Waals surface area (Å²) in [5.74, 6) is 0.274. The summed E-state index contributed by atoms with van der Waals surface area (Å²) >= 11 is 11.9. The third-order valence-corrected chi connectivity index (χ3v) is 3.82. The standard InChI is InChI=1S/C15H14Cl2N4O/c16-10-7-11(17)9-12(8-10)19-15-18-4-3-13(20-15)14(22)21-5-1-2-6-21/h3-4,7-9H,1-2,5-6H2,(H,18,19,20). The quantitative estimate of drug-likeness (QED) is 0.926. The molecule has 5 nitrogen and oxygen atoms in total. The van der Waals surface area contributed by atoms with Gasteiger partial charge in [0.05, 0.1) is 0 Å².